The molecule has 2 saturated heterocycles. The minimum Gasteiger partial charge on any atom is -0.368 e. The van der Waals surface area contributed by atoms with E-state index in [1.165, 1.54) is 0 Å². The van der Waals surface area contributed by atoms with Crippen LogP contribution in [-0.4, -0.2) is 42.1 Å². The first-order valence-electron chi connectivity index (χ1n) is 10.1. The lowest BCUT2D eigenvalue weighted by atomic mass is 10.0. The predicted molar refractivity (Wildman–Crippen MR) is 112 cm³/mol. The number of hydrogen-bond acceptors (Lipinski definition) is 6. The highest BCUT2D eigenvalue weighted by molar-refractivity contribution is 8.00. The quantitative estimate of drug-likeness (QED) is 0.637. The summed E-state index contributed by atoms with van der Waals surface area (Å²) in [4.78, 5) is 0. The van der Waals surface area contributed by atoms with Crippen LogP contribution >= 0.6 is 11.8 Å². The van der Waals surface area contributed by atoms with Crippen LogP contribution in [0.25, 0.3) is 0 Å². The van der Waals surface area contributed by atoms with E-state index in [9.17, 15) is 0 Å². The third-order valence-electron chi connectivity index (χ3n) is 5.06. The summed E-state index contributed by atoms with van der Waals surface area (Å²) in [5.74, 6) is 0.888. The Morgan fingerprint density at radius 2 is 1.55 bits per heavy atom. The standard InChI is InChI=1S/C23H28O5S/c1-3-29-23(2)27-21-20(25-15-18-12-8-5-9-13-18)19(16-26-22(21)28-23)24-14-17-10-6-4-7-11-17/h4-13,19-22H,3,14-16H2,1-2H3/t19-,20+,21-,22-,23?/m1/s1. The summed E-state index contributed by atoms with van der Waals surface area (Å²) in [7, 11) is 0. The molecule has 2 aromatic rings. The van der Waals surface area contributed by atoms with Gasteiger partial charge < -0.3 is 23.7 Å². The number of fused-ring (bicyclic) bond motifs is 1. The summed E-state index contributed by atoms with van der Waals surface area (Å²) in [6, 6.07) is 20.3. The van der Waals surface area contributed by atoms with Crippen LogP contribution in [0.1, 0.15) is 25.0 Å². The molecule has 156 valence electrons. The second-order valence-corrected chi connectivity index (χ2v) is 8.90. The zero-order valence-electron chi connectivity index (χ0n) is 16.9. The molecular formula is C23H28O5S. The van der Waals surface area contributed by atoms with Crippen LogP contribution in [0.3, 0.4) is 0 Å². The SMILES string of the molecule is CCSC1(C)O[C@H]2OC[C@@H](OCc3ccccc3)[C@H](OCc3ccccc3)[C@H]2O1. The lowest BCUT2D eigenvalue weighted by Gasteiger charge is -2.37. The van der Waals surface area contributed by atoms with Gasteiger partial charge in [-0.25, -0.2) is 0 Å². The maximum Gasteiger partial charge on any atom is 0.218 e. The molecule has 0 saturated carbocycles. The van der Waals surface area contributed by atoms with E-state index in [4.69, 9.17) is 23.7 Å². The predicted octanol–water partition coefficient (Wildman–Crippen LogP) is 4.36. The maximum atomic E-state index is 6.34. The van der Waals surface area contributed by atoms with Gasteiger partial charge in [0.2, 0.25) is 5.12 Å². The van der Waals surface area contributed by atoms with E-state index in [2.05, 4.69) is 31.2 Å². The van der Waals surface area contributed by atoms with Crippen LogP contribution in [0.5, 0.6) is 0 Å². The van der Waals surface area contributed by atoms with Crippen LogP contribution in [0, 0.1) is 0 Å². The van der Waals surface area contributed by atoms with Crippen LogP contribution in [-0.2, 0) is 36.9 Å². The Hall–Kier alpha value is -1.41. The first-order chi connectivity index (χ1) is 14.2. The van der Waals surface area contributed by atoms with Gasteiger partial charge in [-0.15, -0.1) is 0 Å². The Balaban J connectivity index is 1.47. The summed E-state index contributed by atoms with van der Waals surface area (Å²) in [5.41, 5.74) is 2.23. The van der Waals surface area contributed by atoms with Gasteiger partial charge in [0.1, 0.15) is 18.3 Å². The molecule has 2 heterocycles. The van der Waals surface area contributed by atoms with Gasteiger partial charge in [-0.1, -0.05) is 79.3 Å². The largest absolute Gasteiger partial charge is 0.368 e. The smallest absolute Gasteiger partial charge is 0.218 e. The minimum absolute atomic E-state index is 0.238. The molecule has 0 N–H and O–H groups in total. The van der Waals surface area contributed by atoms with Crippen LogP contribution in [0.15, 0.2) is 60.7 Å². The van der Waals surface area contributed by atoms with Crippen molar-refractivity contribution in [3.05, 3.63) is 71.8 Å². The van der Waals surface area contributed by atoms with Crippen molar-refractivity contribution in [2.24, 2.45) is 0 Å². The molecule has 0 radical (unpaired) electrons. The first-order valence-corrected chi connectivity index (χ1v) is 11.1. The molecule has 29 heavy (non-hydrogen) atoms. The highest BCUT2D eigenvalue weighted by atomic mass is 32.2. The van der Waals surface area contributed by atoms with Gasteiger partial charge in [0.25, 0.3) is 0 Å². The summed E-state index contributed by atoms with van der Waals surface area (Å²) in [5, 5.41) is -0.729. The Bertz CT molecular complexity index is 758. The van der Waals surface area contributed by atoms with Crippen LogP contribution < -0.4 is 0 Å². The number of ether oxygens (including phenoxy) is 5. The van der Waals surface area contributed by atoms with Crippen LogP contribution in [0.2, 0.25) is 0 Å². The van der Waals surface area contributed by atoms with Crippen molar-refractivity contribution in [1.82, 2.24) is 0 Å². The lowest BCUT2D eigenvalue weighted by Crippen LogP contribution is -2.53. The zero-order valence-corrected chi connectivity index (χ0v) is 17.7. The maximum absolute atomic E-state index is 6.34. The molecule has 2 aliphatic rings. The van der Waals surface area contributed by atoms with Crippen molar-refractivity contribution in [2.75, 3.05) is 12.4 Å². The van der Waals surface area contributed by atoms with Gasteiger partial charge in [-0.2, -0.15) is 0 Å². The third kappa shape index (κ3) is 5.20. The monoisotopic (exact) mass is 416 g/mol. The molecule has 0 aromatic heterocycles. The Kier molecular flexibility index (Phi) is 6.90. The van der Waals surface area contributed by atoms with Crippen LogP contribution in [0.4, 0.5) is 0 Å². The molecule has 2 fully saturated rings. The molecule has 1 unspecified atom stereocenters. The molecule has 4 rings (SSSR count). The van der Waals surface area contributed by atoms with Gasteiger partial charge >= 0.3 is 0 Å². The number of benzene rings is 2. The summed E-state index contributed by atoms with van der Waals surface area (Å²) >= 11 is 1.61. The first kappa shape index (κ1) is 20.8. The van der Waals surface area contributed by atoms with E-state index in [0.29, 0.717) is 19.8 Å². The number of hydrogen-bond donors (Lipinski definition) is 0. The third-order valence-corrected chi connectivity index (χ3v) is 6.07. The second kappa shape index (κ2) is 9.60. The summed E-state index contributed by atoms with van der Waals surface area (Å²) < 4.78 is 30.9. The van der Waals surface area contributed by atoms with Crippen molar-refractivity contribution in [3.63, 3.8) is 0 Å². The van der Waals surface area contributed by atoms with E-state index in [0.717, 1.165) is 16.9 Å². The topological polar surface area (TPSA) is 46.2 Å². The normalized spacial score (nSPS) is 31.5. The summed E-state index contributed by atoms with van der Waals surface area (Å²) in [6.45, 7) is 5.42. The van der Waals surface area contributed by atoms with Gasteiger partial charge in [0.15, 0.2) is 6.29 Å². The minimum atomic E-state index is -0.729. The van der Waals surface area contributed by atoms with Crippen molar-refractivity contribution < 1.29 is 23.7 Å². The molecule has 6 heteroatoms. The fraction of sp³-hybridized carbons (Fsp3) is 0.478. The number of thioether (sulfide) groups is 1. The van der Waals surface area contributed by atoms with E-state index < -0.39 is 11.4 Å². The molecule has 5 atom stereocenters. The number of rotatable bonds is 8. The van der Waals surface area contributed by atoms with Gasteiger partial charge in [-0.05, 0) is 16.9 Å². The zero-order chi connectivity index (χ0) is 20.1. The second-order valence-electron chi connectivity index (χ2n) is 7.29. The fourth-order valence-electron chi connectivity index (χ4n) is 3.67. The van der Waals surface area contributed by atoms with E-state index in [1.807, 2.05) is 43.3 Å². The van der Waals surface area contributed by atoms with Gasteiger partial charge in [0.05, 0.1) is 19.8 Å². The van der Waals surface area contributed by atoms with Crippen molar-refractivity contribution in [2.45, 2.75) is 56.8 Å². The Labute approximate surface area is 176 Å². The van der Waals surface area contributed by atoms with Gasteiger partial charge in [-0.3, -0.25) is 0 Å². The van der Waals surface area contributed by atoms with E-state index >= 15 is 0 Å². The molecule has 0 bridgehead atoms. The summed E-state index contributed by atoms with van der Waals surface area (Å²) in [6.07, 6.45) is -1.30. The molecule has 0 aliphatic carbocycles. The molecule has 5 nitrogen and oxygen atoms in total. The van der Waals surface area contributed by atoms with E-state index in [1.54, 1.807) is 11.8 Å². The average molecular weight is 417 g/mol. The van der Waals surface area contributed by atoms with E-state index in [-0.39, 0.29) is 18.3 Å². The Morgan fingerprint density at radius 1 is 0.931 bits per heavy atom. The fourth-order valence-corrected chi connectivity index (χ4v) is 4.54. The van der Waals surface area contributed by atoms with Crippen molar-refractivity contribution in [3.8, 4) is 0 Å². The highest BCUT2D eigenvalue weighted by Crippen LogP contribution is 2.42. The molecule has 0 spiro atoms. The molecule has 2 aromatic carbocycles. The van der Waals surface area contributed by atoms with Crippen molar-refractivity contribution >= 4 is 11.8 Å². The Morgan fingerprint density at radius 3 is 2.17 bits per heavy atom. The average Bonchev–Trinajstić information content (AvgIpc) is 3.09. The highest BCUT2D eigenvalue weighted by Gasteiger charge is 2.54. The van der Waals surface area contributed by atoms with Gasteiger partial charge in [0, 0.05) is 6.92 Å². The molecular weight excluding hydrogens is 388 g/mol. The van der Waals surface area contributed by atoms with Crippen molar-refractivity contribution in [1.29, 1.82) is 0 Å². The lowest BCUT2D eigenvalue weighted by molar-refractivity contribution is -0.238. The molecule has 2 aliphatic heterocycles. The molecule has 0 amide bonds.